The predicted molar refractivity (Wildman–Crippen MR) is 66.0 cm³/mol. The average molecular weight is 241 g/mol. The number of hydrogen-bond acceptors (Lipinski definition) is 6. The van der Waals surface area contributed by atoms with Crippen molar-refractivity contribution < 1.29 is 0 Å². The van der Waals surface area contributed by atoms with Crippen LogP contribution in [0.15, 0.2) is 0 Å². The van der Waals surface area contributed by atoms with Gasteiger partial charge in [-0.25, -0.2) is 5.84 Å². The number of likely N-dealkylation sites (tertiary alicyclic amines) is 1. The molecule has 1 aromatic rings. The number of nitrogens with one attached hydrogen (secondary N) is 1. The van der Waals surface area contributed by atoms with Gasteiger partial charge in [-0.3, -0.25) is 4.90 Å². The molecule has 0 aromatic carbocycles. The van der Waals surface area contributed by atoms with Gasteiger partial charge in [0.2, 0.25) is 0 Å². The van der Waals surface area contributed by atoms with Crippen molar-refractivity contribution >= 4 is 16.5 Å². The molecule has 0 saturated carbocycles. The van der Waals surface area contributed by atoms with E-state index in [9.17, 15) is 0 Å². The lowest BCUT2D eigenvalue weighted by Gasteiger charge is -2.38. The van der Waals surface area contributed by atoms with Gasteiger partial charge in [-0.1, -0.05) is 10.9 Å². The normalized spacial score (nSPS) is 26.9. The number of piperidine rings is 1. The fraction of sp³-hybridized carbons (Fsp3) is 0.800. The number of hydrazine groups is 1. The summed E-state index contributed by atoms with van der Waals surface area (Å²) in [5, 5.41) is 5.01. The molecule has 2 unspecified atom stereocenters. The van der Waals surface area contributed by atoms with Gasteiger partial charge in [0.15, 0.2) is 0 Å². The molecule has 1 aliphatic heterocycles. The zero-order valence-corrected chi connectivity index (χ0v) is 10.6. The van der Waals surface area contributed by atoms with Crippen LogP contribution in [-0.2, 0) is 6.54 Å². The van der Waals surface area contributed by atoms with E-state index in [1.807, 2.05) is 0 Å². The van der Waals surface area contributed by atoms with Crippen LogP contribution in [0.2, 0.25) is 0 Å². The van der Waals surface area contributed by atoms with Crippen molar-refractivity contribution in [3.05, 3.63) is 5.69 Å². The summed E-state index contributed by atoms with van der Waals surface area (Å²) in [6.07, 6.45) is 3.87. The summed E-state index contributed by atoms with van der Waals surface area (Å²) in [6, 6.07) is 1.24. The van der Waals surface area contributed by atoms with Crippen LogP contribution in [0.1, 0.15) is 38.8 Å². The molecule has 1 aliphatic rings. The van der Waals surface area contributed by atoms with E-state index in [0.717, 1.165) is 17.2 Å². The average Bonchev–Trinajstić information content (AvgIpc) is 2.71. The first-order valence-corrected chi connectivity index (χ1v) is 6.53. The summed E-state index contributed by atoms with van der Waals surface area (Å²) in [6.45, 7) is 5.41. The van der Waals surface area contributed by atoms with Crippen molar-refractivity contribution in [2.24, 2.45) is 5.84 Å². The lowest BCUT2D eigenvalue weighted by Crippen LogP contribution is -2.43. The number of nitrogens with two attached hydrogens (primary N) is 1. The second-order valence-corrected chi connectivity index (χ2v) is 5.25. The number of nitrogen functional groups attached to an aromatic ring is 1. The Morgan fingerprint density at radius 1 is 1.44 bits per heavy atom. The Balaban J connectivity index is 2.07. The van der Waals surface area contributed by atoms with E-state index < -0.39 is 0 Å². The van der Waals surface area contributed by atoms with E-state index in [4.69, 9.17) is 5.84 Å². The Bertz CT molecular complexity index is 330. The molecule has 1 aromatic heterocycles. The molecule has 0 amide bonds. The first-order valence-electron chi connectivity index (χ1n) is 5.76. The molecule has 90 valence electrons. The molecule has 2 heterocycles. The standard InChI is InChI=1S/C10H19N5S/c1-7-4-3-5-8(2)15(7)6-9-10(12-11)16-14-13-9/h7-8,12H,3-6,11H2,1-2H3. The van der Waals surface area contributed by atoms with Crippen molar-refractivity contribution in [2.75, 3.05) is 5.43 Å². The van der Waals surface area contributed by atoms with E-state index in [1.54, 1.807) is 0 Å². The second-order valence-electron chi connectivity index (χ2n) is 4.49. The number of rotatable bonds is 3. The van der Waals surface area contributed by atoms with E-state index in [-0.39, 0.29) is 0 Å². The van der Waals surface area contributed by atoms with Crippen LogP contribution in [0.4, 0.5) is 5.00 Å². The summed E-state index contributed by atoms with van der Waals surface area (Å²) in [5.74, 6) is 5.43. The molecule has 0 spiro atoms. The zero-order chi connectivity index (χ0) is 11.5. The Labute approximate surface area is 100 Å². The Morgan fingerprint density at radius 2 is 2.12 bits per heavy atom. The molecule has 0 radical (unpaired) electrons. The highest BCUT2D eigenvalue weighted by atomic mass is 32.1. The Morgan fingerprint density at radius 3 is 2.75 bits per heavy atom. The van der Waals surface area contributed by atoms with Crippen LogP contribution >= 0.6 is 11.5 Å². The van der Waals surface area contributed by atoms with Crippen LogP contribution in [0.25, 0.3) is 0 Å². The first-order chi connectivity index (χ1) is 7.72. The molecule has 0 aliphatic carbocycles. The topological polar surface area (TPSA) is 67.1 Å². The summed E-state index contributed by atoms with van der Waals surface area (Å²) >= 11 is 1.32. The third-order valence-corrected chi connectivity index (χ3v) is 4.09. The van der Waals surface area contributed by atoms with Crippen molar-refractivity contribution in [2.45, 2.75) is 51.7 Å². The molecule has 2 rings (SSSR count). The predicted octanol–water partition coefficient (Wildman–Crippen LogP) is 1.59. The van der Waals surface area contributed by atoms with Gasteiger partial charge in [0.25, 0.3) is 0 Å². The van der Waals surface area contributed by atoms with Gasteiger partial charge >= 0.3 is 0 Å². The molecular formula is C10H19N5S. The smallest absolute Gasteiger partial charge is 0.148 e. The number of aromatic nitrogens is 2. The van der Waals surface area contributed by atoms with Crippen LogP contribution < -0.4 is 11.3 Å². The van der Waals surface area contributed by atoms with Crippen LogP contribution in [0.5, 0.6) is 0 Å². The van der Waals surface area contributed by atoms with Crippen molar-refractivity contribution in [1.29, 1.82) is 0 Å². The number of nitrogens with zero attached hydrogens (tertiary/aromatic N) is 3. The zero-order valence-electron chi connectivity index (χ0n) is 9.81. The maximum absolute atomic E-state index is 5.43. The maximum Gasteiger partial charge on any atom is 0.148 e. The quantitative estimate of drug-likeness (QED) is 0.621. The first kappa shape index (κ1) is 11.8. The fourth-order valence-electron chi connectivity index (χ4n) is 2.38. The van der Waals surface area contributed by atoms with Gasteiger partial charge < -0.3 is 5.43 Å². The lowest BCUT2D eigenvalue weighted by atomic mass is 9.97. The molecule has 2 atom stereocenters. The van der Waals surface area contributed by atoms with Crippen molar-refractivity contribution in [3.63, 3.8) is 0 Å². The minimum atomic E-state index is 0.621. The Hall–Kier alpha value is -0.720. The minimum absolute atomic E-state index is 0.621. The van der Waals surface area contributed by atoms with Crippen molar-refractivity contribution in [1.82, 2.24) is 14.5 Å². The van der Waals surface area contributed by atoms with E-state index >= 15 is 0 Å². The molecule has 0 bridgehead atoms. The van der Waals surface area contributed by atoms with Gasteiger partial charge in [-0.05, 0) is 26.7 Å². The number of hydrogen-bond donors (Lipinski definition) is 2. The lowest BCUT2D eigenvalue weighted by molar-refractivity contribution is 0.0940. The van der Waals surface area contributed by atoms with Gasteiger partial charge in [-0.15, -0.1) is 5.10 Å². The fourth-order valence-corrected chi connectivity index (χ4v) is 2.87. The molecule has 6 heteroatoms. The van der Waals surface area contributed by atoms with Crippen LogP contribution in [0, 0.1) is 0 Å². The van der Waals surface area contributed by atoms with Crippen LogP contribution in [0.3, 0.4) is 0 Å². The van der Waals surface area contributed by atoms with E-state index in [1.165, 1.54) is 30.8 Å². The highest BCUT2D eigenvalue weighted by Gasteiger charge is 2.26. The van der Waals surface area contributed by atoms with E-state index in [0.29, 0.717) is 12.1 Å². The van der Waals surface area contributed by atoms with Gasteiger partial charge in [-0.2, -0.15) is 0 Å². The molecule has 1 saturated heterocycles. The van der Waals surface area contributed by atoms with Gasteiger partial charge in [0.1, 0.15) is 10.7 Å². The third kappa shape index (κ3) is 2.34. The summed E-state index contributed by atoms with van der Waals surface area (Å²) < 4.78 is 3.93. The second kappa shape index (κ2) is 5.07. The van der Waals surface area contributed by atoms with Crippen molar-refractivity contribution in [3.8, 4) is 0 Å². The Kier molecular flexibility index (Phi) is 3.73. The summed E-state index contributed by atoms with van der Waals surface area (Å²) in [4.78, 5) is 2.49. The largest absolute Gasteiger partial charge is 0.313 e. The number of anilines is 1. The third-order valence-electron chi connectivity index (χ3n) is 3.40. The molecule has 16 heavy (non-hydrogen) atoms. The van der Waals surface area contributed by atoms with Gasteiger partial charge in [0, 0.05) is 30.2 Å². The highest BCUT2D eigenvalue weighted by Crippen LogP contribution is 2.26. The minimum Gasteiger partial charge on any atom is -0.313 e. The van der Waals surface area contributed by atoms with Gasteiger partial charge in [0.05, 0.1) is 0 Å². The maximum atomic E-state index is 5.43. The summed E-state index contributed by atoms with van der Waals surface area (Å²) in [5.41, 5.74) is 3.63. The molecular weight excluding hydrogens is 222 g/mol. The highest BCUT2D eigenvalue weighted by molar-refractivity contribution is 7.10. The van der Waals surface area contributed by atoms with Crippen LogP contribution in [-0.4, -0.2) is 26.6 Å². The summed E-state index contributed by atoms with van der Waals surface area (Å²) in [7, 11) is 0. The molecule has 5 nitrogen and oxygen atoms in total. The SMILES string of the molecule is CC1CCCC(C)N1Cc1nnsc1NN. The van der Waals surface area contributed by atoms with E-state index in [2.05, 4.69) is 33.8 Å². The molecule has 1 fully saturated rings. The monoisotopic (exact) mass is 241 g/mol. The molecule has 3 N–H and O–H groups in total.